The van der Waals surface area contributed by atoms with Gasteiger partial charge in [-0.2, -0.15) is 0 Å². The molecule has 0 saturated carbocycles. The number of aliphatic hydroxyl groups excluding tert-OH is 1. The zero-order valence-corrected chi connectivity index (χ0v) is 12.4. The summed E-state index contributed by atoms with van der Waals surface area (Å²) in [5.74, 6) is -2.89. The molecule has 1 rings (SSSR count). The molecule has 7 nitrogen and oxygen atoms in total. The van der Waals surface area contributed by atoms with Gasteiger partial charge in [-0.05, 0) is 19.4 Å². The molecule has 1 amide bonds. The maximum atomic E-state index is 12.0. The molecule has 0 bridgehead atoms. The molecule has 0 fully saturated rings. The Morgan fingerprint density at radius 3 is 2.27 bits per heavy atom. The van der Waals surface area contributed by atoms with Gasteiger partial charge < -0.3 is 20.3 Å². The fourth-order valence-electron chi connectivity index (χ4n) is 1.64. The van der Waals surface area contributed by atoms with E-state index in [9.17, 15) is 19.5 Å². The van der Waals surface area contributed by atoms with Gasteiger partial charge in [-0.25, -0.2) is 9.59 Å². The van der Waals surface area contributed by atoms with E-state index in [4.69, 9.17) is 9.84 Å². The second kappa shape index (κ2) is 8.14. The van der Waals surface area contributed by atoms with E-state index < -0.39 is 36.1 Å². The number of carboxylic acid groups (broad SMARTS) is 1. The van der Waals surface area contributed by atoms with Crippen LogP contribution in [0.2, 0.25) is 0 Å². The monoisotopic (exact) mass is 309 g/mol. The highest BCUT2D eigenvalue weighted by Crippen LogP contribution is 2.06. The first-order valence-corrected chi connectivity index (χ1v) is 6.77. The predicted octanol–water partition coefficient (Wildman–Crippen LogP) is 0.111. The lowest BCUT2D eigenvalue weighted by atomic mass is 10.1. The van der Waals surface area contributed by atoms with Crippen LogP contribution in [0.3, 0.4) is 0 Å². The number of aliphatic carboxylic acids is 1. The van der Waals surface area contributed by atoms with Crippen molar-refractivity contribution in [2.75, 3.05) is 0 Å². The lowest BCUT2D eigenvalue weighted by molar-refractivity contribution is -0.164. The first-order chi connectivity index (χ1) is 10.3. The summed E-state index contributed by atoms with van der Waals surface area (Å²) in [5.41, 5.74) is 0.762. The van der Waals surface area contributed by atoms with Crippen LogP contribution in [0.25, 0.3) is 0 Å². The van der Waals surface area contributed by atoms with Gasteiger partial charge in [0.1, 0.15) is 12.1 Å². The van der Waals surface area contributed by atoms with Gasteiger partial charge >= 0.3 is 11.9 Å². The quantitative estimate of drug-likeness (QED) is 0.616. The zero-order valence-electron chi connectivity index (χ0n) is 12.4. The Bertz CT molecular complexity index is 528. The van der Waals surface area contributed by atoms with Crippen LogP contribution >= 0.6 is 0 Å². The summed E-state index contributed by atoms with van der Waals surface area (Å²) in [6.07, 6.45) is -2.48. The van der Waals surface area contributed by atoms with Gasteiger partial charge in [-0.1, -0.05) is 30.3 Å². The Balaban J connectivity index is 2.83. The van der Waals surface area contributed by atoms with Crippen LogP contribution in [0.4, 0.5) is 0 Å². The molecule has 0 aliphatic rings. The highest BCUT2D eigenvalue weighted by molar-refractivity contribution is 5.87. The smallest absolute Gasteiger partial charge is 0.344 e. The molecular formula is C15H19NO6. The van der Waals surface area contributed by atoms with E-state index in [-0.39, 0.29) is 6.42 Å². The van der Waals surface area contributed by atoms with Crippen LogP contribution < -0.4 is 5.32 Å². The van der Waals surface area contributed by atoms with Crippen LogP contribution in [0.15, 0.2) is 30.3 Å². The maximum Gasteiger partial charge on any atom is 0.344 e. The van der Waals surface area contributed by atoms with Crippen molar-refractivity contribution in [1.82, 2.24) is 5.32 Å². The van der Waals surface area contributed by atoms with E-state index >= 15 is 0 Å². The molecule has 1 aromatic rings. The molecule has 0 heterocycles. The van der Waals surface area contributed by atoms with Crippen molar-refractivity contribution in [3.63, 3.8) is 0 Å². The van der Waals surface area contributed by atoms with Gasteiger partial charge in [-0.15, -0.1) is 0 Å². The molecule has 7 heteroatoms. The van der Waals surface area contributed by atoms with Gasteiger partial charge in [0.2, 0.25) is 5.91 Å². The van der Waals surface area contributed by atoms with Gasteiger partial charge in [0.15, 0.2) is 6.10 Å². The number of carbonyl (C=O) groups is 3. The van der Waals surface area contributed by atoms with Gasteiger partial charge in [0, 0.05) is 6.42 Å². The van der Waals surface area contributed by atoms with Crippen LogP contribution in [-0.4, -0.2) is 46.3 Å². The Hall–Kier alpha value is -2.41. The third-order valence-corrected chi connectivity index (χ3v) is 2.90. The number of carbonyl (C=O) groups excluding carboxylic acids is 2. The number of hydrogen-bond acceptors (Lipinski definition) is 5. The molecule has 120 valence electrons. The number of carboxylic acids is 1. The van der Waals surface area contributed by atoms with Crippen molar-refractivity contribution in [2.45, 2.75) is 38.5 Å². The molecule has 0 aliphatic heterocycles. The fourth-order valence-corrected chi connectivity index (χ4v) is 1.64. The molecule has 3 N–H and O–H groups in total. The molecule has 3 atom stereocenters. The van der Waals surface area contributed by atoms with Crippen molar-refractivity contribution in [2.24, 2.45) is 0 Å². The number of ether oxygens (including phenoxy) is 1. The Kier molecular flexibility index (Phi) is 6.52. The predicted molar refractivity (Wildman–Crippen MR) is 76.9 cm³/mol. The van der Waals surface area contributed by atoms with E-state index in [0.717, 1.165) is 5.56 Å². The van der Waals surface area contributed by atoms with Crippen LogP contribution in [0.1, 0.15) is 19.4 Å². The highest BCUT2D eigenvalue weighted by Gasteiger charge is 2.27. The number of nitrogens with one attached hydrogen (secondary N) is 1. The Morgan fingerprint density at radius 2 is 1.77 bits per heavy atom. The first-order valence-electron chi connectivity index (χ1n) is 6.77. The average Bonchev–Trinajstić information content (AvgIpc) is 2.47. The van der Waals surface area contributed by atoms with E-state index in [1.807, 2.05) is 0 Å². The van der Waals surface area contributed by atoms with Gasteiger partial charge in [0.05, 0.1) is 0 Å². The highest BCUT2D eigenvalue weighted by atomic mass is 16.6. The number of amides is 1. The minimum Gasteiger partial charge on any atom is -0.479 e. The van der Waals surface area contributed by atoms with Crippen LogP contribution in [0, 0.1) is 0 Å². The SMILES string of the molecule is C[C@H](O)C(=O)N[C@H](Cc1ccccc1)C(=O)O[C@H](C)C(=O)O. The largest absolute Gasteiger partial charge is 0.479 e. The van der Waals surface area contributed by atoms with Crippen molar-refractivity contribution in [3.8, 4) is 0 Å². The number of hydrogen-bond donors (Lipinski definition) is 3. The van der Waals surface area contributed by atoms with Gasteiger partial charge in [-0.3, -0.25) is 4.79 Å². The Morgan fingerprint density at radius 1 is 1.18 bits per heavy atom. The summed E-state index contributed by atoms with van der Waals surface area (Å²) in [6, 6.07) is 7.79. The van der Waals surface area contributed by atoms with Crippen molar-refractivity contribution >= 4 is 17.8 Å². The third kappa shape index (κ3) is 5.53. The number of esters is 1. The summed E-state index contributed by atoms with van der Waals surface area (Å²) in [4.78, 5) is 34.4. The normalized spacial score (nSPS) is 14.5. The topological polar surface area (TPSA) is 113 Å². The standard InChI is InChI=1S/C15H19NO6/c1-9(17)13(18)16-12(8-11-6-4-3-5-7-11)15(21)22-10(2)14(19)20/h3-7,9-10,12,17H,8H2,1-2H3,(H,16,18)(H,19,20)/t9-,10+,12+/m0/s1. The minimum absolute atomic E-state index is 0.129. The molecule has 0 radical (unpaired) electrons. The van der Waals surface area contributed by atoms with Crippen LogP contribution in [0.5, 0.6) is 0 Å². The fraction of sp³-hybridized carbons (Fsp3) is 0.400. The summed E-state index contributed by atoms with van der Waals surface area (Å²) < 4.78 is 4.79. The lowest BCUT2D eigenvalue weighted by Gasteiger charge is -2.20. The first kappa shape index (κ1) is 17.6. The summed E-state index contributed by atoms with van der Waals surface area (Å²) in [6.45, 7) is 2.48. The van der Waals surface area contributed by atoms with E-state index in [0.29, 0.717) is 0 Å². The minimum atomic E-state index is -1.32. The summed E-state index contributed by atoms with van der Waals surface area (Å²) >= 11 is 0. The van der Waals surface area contributed by atoms with E-state index in [1.165, 1.54) is 13.8 Å². The zero-order chi connectivity index (χ0) is 16.7. The summed E-state index contributed by atoms with van der Waals surface area (Å²) in [7, 11) is 0. The van der Waals surface area contributed by atoms with Gasteiger partial charge in [0.25, 0.3) is 0 Å². The molecule has 0 aliphatic carbocycles. The number of aliphatic hydroxyl groups is 1. The molecular weight excluding hydrogens is 290 g/mol. The van der Waals surface area contributed by atoms with Crippen molar-refractivity contribution in [3.05, 3.63) is 35.9 Å². The summed E-state index contributed by atoms with van der Waals surface area (Å²) in [5, 5.41) is 20.4. The van der Waals surface area contributed by atoms with E-state index in [2.05, 4.69) is 5.32 Å². The molecule has 1 aromatic carbocycles. The maximum absolute atomic E-state index is 12.0. The van der Waals surface area contributed by atoms with Crippen LogP contribution in [-0.2, 0) is 25.5 Å². The third-order valence-electron chi connectivity index (χ3n) is 2.90. The molecule has 0 saturated heterocycles. The number of benzene rings is 1. The van der Waals surface area contributed by atoms with Crippen molar-refractivity contribution in [1.29, 1.82) is 0 Å². The second-order valence-corrected chi connectivity index (χ2v) is 4.84. The number of rotatable bonds is 7. The second-order valence-electron chi connectivity index (χ2n) is 4.84. The molecule has 22 heavy (non-hydrogen) atoms. The molecule has 0 spiro atoms. The molecule has 0 aromatic heterocycles. The van der Waals surface area contributed by atoms with Crippen molar-refractivity contribution < 1.29 is 29.3 Å². The molecule has 0 unspecified atom stereocenters. The average molecular weight is 309 g/mol. The Labute approximate surface area is 127 Å². The van der Waals surface area contributed by atoms with E-state index in [1.54, 1.807) is 30.3 Å². The lowest BCUT2D eigenvalue weighted by Crippen LogP contribution is -2.47.